The molecule has 122 valence electrons. The van der Waals surface area contributed by atoms with Gasteiger partial charge in [-0.3, -0.25) is 9.59 Å². The third-order valence-corrected chi connectivity index (χ3v) is 2.85. The third kappa shape index (κ3) is 5.58. The van der Waals surface area contributed by atoms with Crippen LogP contribution in [-0.2, 0) is 28.6 Å². The number of carbonyl (C=O) groups excluding carboxylic acids is 3. The zero-order valence-corrected chi connectivity index (χ0v) is 13.2. The molecule has 6 heteroatoms. The van der Waals surface area contributed by atoms with Gasteiger partial charge in [0, 0.05) is 6.08 Å². The number of carbonyl (C=O) groups is 3. The number of hydrogen-bond acceptors (Lipinski definition) is 6. The van der Waals surface area contributed by atoms with Crippen LogP contribution in [0.15, 0.2) is 30.5 Å². The second-order valence-corrected chi connectivity index (χ2v) is 4.27. The predicted octanol–water partition coefficient (Wildman–Crippen LogP) is 1.95. The summed E-state index contributed by atoms with van der Waals surface area (Å²) in [4.78, 5) is 35.7. The van der Waals surface area contributed by atoms with E-state index in [-0.39, 0.29) is 26.1 Å². The highest BCUT2D eigenvalue weighted by Crippen LogP contribution is 2.32. The Morgan fingerprint density at radius 3 is 2.05 bits per heavy atom. The van der Waals surface area contributed by atoms with Gasteiger partial charge < -0.3 is 14.2 Å². The second-order valence-electron chi connectivity index (χ2n) is 4.27. The Kier molecular flexibility index (Phi) is 9.30. The Balaban J connectivity index is 5.56. The zero-order chi connectivity index (χ0) is 17.0. The molecule has 0 bridgehead atoms. The van der Waals surface area contributed by atoms with Crippen molar-refractivity contribution in [2.24, 2.45) is 5.41 Å². The fraction of sp³-hybridized carbons (Fsp3) is 0.500. The maximum absolute atomic E-state index is 12.3. The van der Waals surface area contributed by atoms with Gasteiger partial charge in [-0.1, -0.05) is 12.7 Å². The quantitative estimate of drug-likeness (QED) is 0.213. The van der Waals surface area contributed by atoms with Crippen molar-refractivity contribution >= 4 is 17.9 Å². The van der Waals surface area contributed by atoms with Gasteiger partial charge >= 0.3 is 17.9 Å². The maximum Gasteiger partial charge on any atom is 0.330 e. The first kappa shape index (κ1) is 19.7. The van der Waals surface area contributed by atoms with E-state index in [0.717, 1.165) is 6.08 Å². The zero-order valence-electron chi connectivity index (χ0n) is 13.2. The Labute approximate surface area is 130 Å². The van der Waals surface area contributed by atoms with Crippen molar-refractivity contribution in [3.63, 3.8) is 0 Å². The van der Waals surface area contributed by atoms with Gasteiger partial charge in [-0.25, -0.2) is 4.79 Å². The summed E-state index contributed by atoms with van der Waals surface area (Å²) in [5, 5.41) is 0. The molecule has 0 saturated heterocycles. The highest BCUT2D eigenvalue weighted by Gasteiger charge is 2.47. The van der Waals surface area contributed by atoms with Crippen molar-refractivity contribution < 1.29 is 28.6 Å². The summed E-state index contributed by atoms with van der Waals surface area (Å²) >= 11 is 0. The van der Waals surface area contributed by atoms with Crippen molar-refractivity contribution in [3.05, 3.63) is 30.5 Å². The molecular weight excluding hydrogens is 288 g/mol. The molecule has 0 heterocycles. The molecule has 0 amide bonds. The summed E-state index contributed by atoms with van der Waals surface area (Å²) in [5.74, 6) is -2.01. The minimum absolute atomic E-state index is 0.0136. The van der Waals surface area contributed by atoms with Gasteiger partial charge in [0.05, 0.1) is 20.3 Å². The first-order chi connectivity index (χ1) is 10.5. The van der Waals surface area contributed by atoms with E-state index in [2.05, 4.69) is 17.0 Å². The molecule has 0 aliphatic rings. The molecule has 0 aromatic carbocycles. The van der Waals surface area contributed by atoms with E-state index in [9.17, 15) is 14.4 Å². The highest BCUT2D eigenvalue weighted by atomic mass is 16.6. The van der Waals surface area contributed by atoms with Crippen LogP contribution in [0.4, 0.5) is 0 Å². The van der Waals surface area contributed by atoms with Crippen LogP contribution in [0.3, 0.4) is 0 Å². The topological polar surface area (TPSA) is 78.9 Å². The molecule has 22 heavy (non-hydrogen) atoms. The fourth-order valence-electron chi connectivity index (χ4n) is 1.71. The smallest absolute Gasteiger partial charge is 0.330 e. The van der Waals surface area contributed by atoms with Crippen LogP contribution in [-0.4, -0.2) is 38.2 Å². The number of methoxy groups -OCH3 is 1. The lowest BCUT2D eigenvalue weighted by atomic mass is 9.80. The monoisotopic (exact) mass is 310 g/mol. The average Bonchev–Trinajstić information content (AvgIpc) is 2.50. The summed E-state index contributed by atoms with van der Waals surface area (Å²) in [6.07, 6.45) is 3.94. The minimum atomic E-state index is -1.57. The SMILES string of the molecule is C=C=CCC(C/C=C/C(=O)OC)(C(=O)OCC)C(=O)OCC. The Hall–Kier alpha value is -2.33. The predicted molar refractivity (Wildman–Crippen MR) is 79.8 cm³/mol. The van der Waals surface area contributed by atoms with Gasteiger partial charge in [-0.05, 0) is 32.8 Å². The van der Waals surface area contributed by atoms with E-state index in [1.165, 1.54) is 19.3 Å². The van der Waals surface area contributed by atoms with Crippen LogP contribution in [0.5, 0.6) is 0 Å². The van der Waals surface area contributed by atoms with Crippen LogP contribution in [0, 0.1) is 5.41 Å². The first-order valence-electron chi connectivity index (χ1n) is 6.91. The lowest BCUT2D eigenvalue weighted by Gasteiger charge is -2.26. The van der Waals surface area contributed by atoms with Gasteiger partial charge in [0.1, 0.15) is 0 Å². The van der Waals surface area contributed by atoms with E-state index in [1.807, 2.05) is 0 Å². The van der Waals surface area contributed by atoms with Crippen molar-refractivity contribution in [3.8, 4) is 0 Å². The summed E-state index contributed by atoms with van der Waals surface area (Å²) in [6.45, 7) is 6.95. The molecule has 0 unspecified atom stereocenters. The van der Waals surface area contributed by atoms with E-state index in [0.29, 0.717) is 0 Å². The van der Waals surface area contributed by atoms with Gasteiger partial charge in [-0.2, -0.15) is 0 Å². The molecule has 0 atom stereocenters. The summed E-state index contributed by atoms with van der Waals surface area (Å²) < 4.78 is 14.5. The molecule has 0 saturated carbocycles. The van der Waals surface area contributed by atoms with Gasteiger partial charge in [0.25, 0.3) is 0 Å². The molecule has 0 aromatic heterocycles. The molecular formula is C16H22O6. The van der Waals surface area contributed by atoms with Gasteiger partial charge in [0.15, 0.2) is 5.41 Å². The van der Waals surface area contributed by atoms with Crippen LogP contribution >= 0.6 is 0 Å². The lowest BCUT2D eigenvalue weighted by Crippen LogP contribution is -2.41. The standard InChI is InChI=1S/C16H22O6/c1-5-8-11-16(14(18)21-6-2,15(19)22-7-3)12-9-10-13(17)20-4/h8-10H,1,6-7,11-12H2,2-4H3/b10-9+. The van der Waals surface area contributed by atoms with Crippen LogP contribution < -0.4 is 0 Å². The van der Waals surface area contributed by atoms with Crippen LogP contribution in [0.25, 0.3) is 0 Å². The normalized spacial score (nSPS) is 10.7. The Bertz CT molecular complexity index is 453. The van der Waals surface area contributed by atoms with E-state index < -0.39 is 23.3 Å². The average molecular weight is 310 g/mol. The fourth-order valence-corrected chi connectivity index (χ4v) is 1.71. The lowest BCUT2D eigenvalue weighted by molar-refractivity contribution is -0.171. The van der Waals surface area contributed by atoms with E-state index >= 15 is 0 Å². The largest absolute Gasteiger partial charge is 0.466 e. The third-order valence-electron chi connectivity index (χ3n) is 2.85. The minimum Gasteiger partial charge on any atom is -0.466 e. The Morgan fingerprint density at radius 1 is 1.09 bits per heavy atom. The second kappa shape index (κ2) is 10.4. The van der Waals surface area contributed by atoms with E-state index in [4.69, 9.17) is 9.47 Å². The first-order valence-corrected chi connectivity index (χ1v) is 6.91. The molecule has 6 nitrogen and oxygen atoms in total. The van der Waals surface area contributed by atoms with E-state index in [1.54, 1.807) is 13.8 Å². The van der Waals surface area contributed by atoms with Gasteiger partial charge in [0.2, 0.25) is 0 Å². The van der Waals surface area contributed by atoms with Crippen LogP contribution in [0.2, 0.25) is 0 Å². The molecule has 0 radical (unpaired) electrons. The number of esters is 3. The Morgan fingerprint density at radius 2 is 1.64 bits per heavy atom. The molecule has 0 N–H and O–H groups in total. The highest BCUT2D eigenvalue weighted by molar-refractivity contribution is 6.00. The molecule has 0 fully saturated rings. The molecule has 0 spiro atoms. The van der Waals surface area contributed by atoms with Crippen molar-refractivity contribution in [2.45, 2.75) is 26.7 Å². The van der Waals surface area contributed by atoms with Crippen LogP contribution in [0.1, 0.15) is 26.7 Å². The molecule has 0 aliphatic carbocycles. The molecule has 0 aliphatic heterocycles. The summed E-state index contributed by atoms with van der Waals surface area (Å²) in [7, 11) is 1.23. The van der Waals surface area contributed by atoms with Gasteiger partial charge in [-0.15, -0.1) is 5.73 Å². The summed E-state index contributed by atoms with van der Waals surface area (Å²) in [6, 6.07) is 0. The number of ether oxygens (including phenoxy) is 3. The number of hydrogen-bond donors (Lipinski definition) is 0. The van der Waals surface area contributed by atoms with Crippen molar-refractivity contribution in [2.75, 3.05) is 20.3 Å². The number of rotatable bonds is 9. The molecule has 0 rings (SSSR count). The van der Waals surface area contributed by atoms with Crippen molar-refractivity contribution in [1.29, 1.82) is 0 Å². The maximum atomic E-state index is 12.3. The number of allylic oxidation sites excluding steroid dienone is 2. The summed E-state index contributed by atoms with van der Waals surface area (Å²) in [5.41, 5.74) is 0.953. The molecule has 0 aromatic rings. The van der Waals surface area contributed by atoms with Crippen molar-refractivity contribution in [1.82, 2.24) is 0 Å².